The third-order valence-electron chi connectivity index (χ3n) is 0.929. The van der Waals surface area contributed by atoms with Crippen LogP contribution in [0.4, 0.5) is 0 Å². The summed E-state index contributed by atoms with van der Waals surface area (Å²) < 4.78 is 4.68. The van der Waals surface area contributed by atoms with Gasteiger partial charge in [-0.05, 0) is 13.0 Å². The van der Waals surface area contributed by atoms with Crippen molar-refractivity contribution < 1.29 is 9.53 Å². The van der Waals surface area contributed by atoms with E-state index in [0.29, 0.717) is 6.61 Å². The summed E-state index contributed by atoms with van der Waals surface area (Å²) in [6.45, 7) is 3.75. The van der Waals surface area contributed by atoms with Crippen molar-refractivity contribution in [1.29, 1.82) is 0 Å². The Bertz CT molecular complexity index is 141. The molecule has 0 unspecified atom stereocenters. The molecule has 0 aromatic carbocycles. The molecule has 0 aliphatic carbocycles. The Hall–Kier alpha value is -0.310. The van der Waals surface area contributed by atoms with Gasteiger partial charge in [0.25, 0.3) is 0 Å². The van der Waals surface area contributed by atoms with Crippen molar-refractivity contribution in [1.82, 2.24) is 0 Å². The number of hydrogen-bond donors (Lipinski definition) is 0. The molecule has 0 aliphatic heterocycles. The van der Waals surface area contributed by atoms with Gasteiger partial charge < -0.3 is 4.74 Å². The van der Waals surface area contributed by atoms with Gasteiger partial charge >= 0.3 is 5.97 Å². The van der Waals surface area contributed by atoms with E-state index in [1.807, 2.05) is 13.0 Å². The summed E-state index contributed by atoms with van der Waals surface area (Å²) in [5, 5.41) is 0.828. The number of rotatable bonds is 3. The van der Waals surface area contributed by atoms with E-state index in [1.165, 1.54) is 12.5 Å². The van der Waals surface area contributed by atoms with Crippen LogP contribution in [0.2, 0.25) is 0 Å². The van der Waals surface area contributed by atoms with Crippen LogP contribution in [0.1, 0.15) is 13.8 Å². The smallest absolute Gasteiger partial charge is 0.302 e. The van der Waals surface area contributed by atoms with E-state index in [0.717, 1.165) is 5.33 Å². The zero-order valence-corrected chi connectivity index (χ0v) is 7.77. The largest absolute Gasteiger partial charge is 0.462 e. The summed E-state index contributed by atoms with van der Waals surface area (Å²) >= 11 is 3.27. The molecule has 0 saturated carbocycles. The Balaban J connectivity index is 3.43. The van der Waals surface area contributed by atoms with Crippen LogP contribution in [0, 0.1) is 0 Å². The lowest BCUT2D eigenvalue weighted by Gasteiger charge is -1.96. The zero-order chi connectivity index (χ0) is 7.98. The number of esters is 1. The second-order valence-corrected chi connectivity index (χ2v) is 2.55. The Morgan fingerprint density at radius 3 is 2.60 bits per heavy atom. The van der Waals surface area contributed by atoms with E-state index in [9.17, 15) is 4.79 Å². The summed E-state index contributed by atoms with van der Waals surface area (Å²) in [6, 6.07) is 0. The molecule has 0 aromatic rings. The highest BCUT2D eigenvalue weighted by atomic mass is 79.9. The predicted molar refractivity (Wildman–Crippen MR) is 44.2 cm³/mol. The number of allylic oxidation sites excluding steroid dienone is 1. The minimum Gasteiger partial charge on any atom is -0.462 e. The Labute approximate surface area is 69.4 Å². The Morgan fingerprint density at radius 2 is 2.20 bits per heavy atom. The lowest BCUT2D eigenvalue weighted by Crippen LogP contribution is -1.98. The third-order valence-corrected chi connectivity index (χ3v) is 1.81. The van der Waals surface area contributed by atoms with E-state index in [2.05, 4.69) is 20.7 Å². The SMILES string of the molecule is CC(=O)OC/C=C(/C)CBr. The molecule has 0 N–H and O–H groups in total. The first kappa shape index (κ1) is 9.69. The lowest BCUT2D eigenvalue weighted by molar-refractivity contribution is -0.139. The third kappa shape index (κ3) is 5.82. The summed E-state index contributed by atoms with van der Waals surface area (Å²) in [6.07, 6.45) is 1.87. The van der Waals surface area contributed by atoms with E-state index in [4.69, 9.17) is 0 Å². The van der Waals surface area contributed by atoms with Crippen LogP contribution in [0.3, 0.4) is 0 Å². The molecular formula is C7H11BrO2. The van der Waals surface area contributed by atoms with Gasteiger partial charge in [0, 0.05) is 12.3 Å². The number of ether oxygens (including phenoxy) is 1. The molecular weight excluding hydrogens is 196 g/mol. The van der Waals surface area contributed by atoms with Gasteiger partial charge in [0.1, 0.15) is 6.61 Å². The van der Waals surface area contributed by atoms with Crippen LogP contribution in [-0.2, 0) is 9.53 Å². The van der Waals surface area contributed by atoms with Crippen molar-refractivity contribution in [2.75, 3.05) is 11.9 Å². The van der Waals surface area contributed by atoms with Gasteiger partial charge in [-0.15, -0.1) is 0 Å². The van der Waals surface area contributed by atoms with Crippen LogP contribution in [0.25, 0.3) is 0 Å². The van der Waals surface area contributed by atoms with Crippen molar-refractivity contribution in [3.8, 4) is 0 Å². The van der Waals surface area contributed by atoms with Gasteiger partial charge in [-0.1, -0.05) is 21.5 Å². The average Bonchev–Trinajstić information content (AvgIpc) is 1.87. The van der Waals surface area contributed by atoms with Crippen LogP contribution in [-0.4, -0.2) is 17.9 Å². The molecule has 0 aromatic heterocycles. The van der Waals surface area contributed by atoms with Crippen LogP contribution in [0.5, 0.6) is 0 Å². The van der Waals surface area contributed by atoms with Crippen molar-refractivity contribution in [2.45, 2.75) is 13.8 Å². The molecule has 2 nitrogen and oxygen atoms in total. The maximum atomic E-state index is 10.3. The summed E-state index contributed by atoms with van der Waals surface area (Å²) in [7, 11) is 0. The maximum absolute atomic E-state index is 10.3. The van der Waals surface area contributed by atoms with E-state index in [-0.39, 0.29) is 5.97 Å². The first-order valence-corrected chi connectivity index (χ1v) is 4.14. The summed E-state index contributed by atoms with van der Waals surface area (Å²) in [4.78, 5) is 10.3. The second kappa shape index (κ2) is 5.47. The van der Waals surface area contributed by atoms with E-state index < -0.39 is 0 Å². The highest BCUT2D eigenvalue weighted by Gasteiger charge is 1.88. The fourth-order valence-corrected chi connectivity index (χ4v) is 0.585. The molecule has 0 radical (unpaired) electrons. The highest BCUT2D eigenvalue weighted by Crippen LogP contribution is 1.96. The number of hydrogen-bond acceptors (Lipinski definition) is 2. The standard InChI is InChI=1S/C7H11BrO2/c1-6(5-8)3-4-10-7(2)9/h3H,4-5H2,1-2H3/b6-3-. The fraction of sp³-hybridized carbons (Fsp3) is 0.571. The number of carbonyl (C=O) groups excluding carboxylic acids is 1. The molecule has 0 atom stereocenters. The lowest BCUT2D eigenvalue weighted by atomic mass is 10.3. The van der Waals surface area contributed by atoms with Crippen LogP contribution in [0.15, 0.2) is 11.6 Å². The number of carbonyl (C=O) groups is 1. The Kier molecular flexibility index (Phi) is 5.30. The molecule has 0 aliphatic rings. The first-order valence-electron chi connectivity index (χ1n) is 3.01. The maximum Gasteiger partial charge on any atom is 0.302 e. The number of alkyl halides is 1. The molecule has 3 heteroatoms. The second-order valence-electron chi connectivity index (χ2n) is 1.99. The monoisotopic (exact) mass is 206 g/mol. The van der Waals surface area contributed by atoms with Crippen molar-refractivity contribution in [3.63, 3.8) is 0 Å². The molecule has 0 saturated heterocycles. The first-order chi connectivity index (χ1) is 4.66. The van der Waals surface area contributed by atoms with Crippen molar-refractivity contribution in [2.24, 2.45) is 0 Å². The highest BCUT2D eigenvalue weighted by molar-refractivity contribution is 9.09. The Morgan fingerprint density at radius 1 is 1.60 bits per heavy atom. The minimum atomic E-state index is -0.237. The van der Waals surface area contributed by atoms with Crippen LogP contribution < -0.4 is 0 Å². The van der Waals surface area contributed by atoms with Crippen LogP contribution >= 0.6 is 15.9 Å². The van der Waals surface area contributed by atoms with Gasteiger partial charge in [-0.25, -0.2) is 0 Å². The molecule has 10 heavy (non-hydrogen) atoms. The van der Waals surface area contributed by atoms with Gasteiger partial charge in [-0.3, -0.25) is 4.79 Å². The number of halogens is 1. The van der Waals surface area contributed by atoms with Gasteiger partial charge in [0.15, 0.2) is 0 Å². The molecule has 0 fully saturated rings. The zero-order valence-electron chi connectivity index (χ0n) is 6.19. The van der Waals surface area contributed by atoms with Gasteiger partial charge in [-0.2, -0.15) is 0 Å². The predicted octanol–water partition coefficient (Wildman–Crippen LogP) is 1.89. The summed E-state index contributed by atoms with van der Waals surface area (Å²) in [5.41, 5.74) is 1.17. The fourth-order valence-electron chi connectivity index (χ4n) is 0.356. The van der Waals surface area contributed by atoms with Crippen molar-refractivity contribution in [3.05, 3.63) is 11.6 Å². The van der Waals surface area contributed by atoms with Crippen molar-refractivity contribution >= 4 is 21.9 Å². The molecule has 0 heterocycles. The van der Waals surface area contributed by atoms with Gasteiger partial charge in [0.2, 0.25) is 0 Å². The van der Waals surface area contributed by atoms with E-state index >= 15 is 0 Å². The van der Waals surface area contributed by atoms with E-state index in [1.54, 1.807) is 0 Å². The minimum absolute atomic E-state index is 0.237. The molecule has 0 amide bonds. The topological polar surface area (TPSA) is 26.3 Å². The molecule has 58 valence electrons. The molecule has 0 rings (SSSR count). The van der Waals surface area contributed by atoms with Gasteiger partial charge in [0.05, 0.1) is 0 Å². The average molecular weight is 207 g/mol. The summed E-state index contributed by atoms with van der Waals surface area (Å²) in [5.74, 6) is -0.237. The molecule has 0 bridgehead atoms. The quantitative estimate of drug-likeness (QED) is 0.401. The molecule has 0 spiro atoms. The normalized spacial score (nSPS) is 11.3.